The number of nitro groups is 1. The monoisotopic (exact) mass is 632 g/mol. The Morgan fingerprint density at radius 2 is 1.75 bits per heavy atom. The maximum atomic E-state index is 13.3. The number of hydrogen-bond acceptors (Lipinski definition) is 6. The molecule has 9 nitrogen and oxygen atoms in total. The van der Waals surface area contributed by atoms with E-state index in [4.69, 9.17) is 34.8 Å². The third-order valence-electron chi connectivity index (χ3n) is 4.72. The molecular formula is C22H16BrCl3N4O5S. The van der Waals surface area contributed by atoms with Gasteiger partial charge in [0.05, 0.1) is 22.6 Å². The summed E-state index contributed by atoms with van der Waals surface area (Å²) in [6.07, 6.45) is 1.12. The number of hydrazone groups is 1. The highest BCUT2D eigenvalue weighted by molar-refractivity contribution is 9.10. The average molecular weight is 635 g/mol. The van der Waals surface area contributed by atoms with Crippen molar-refractivity contribution in [1.29, 1.82) is 0 Å². The lowest BCUT2D eigenvalue weighted by molar-refractivity contribution is -0.384. The van der Waals surface area contributed by atoms with E-state index in [0.717, 1.165) is 10.5 Å². The molecule has 36 heavy (non-hydrogen) atoms. The van der Waals surface area contributed by atoms with Gasteiger partial charge >= 0.3 is 0 Å². The molecule has 0 saturated heterocycles. The summed E-state index contributed by atoms with van der Waals surface area (Å²) in [6, 6.07) is 14.3. The highest BCUT2D eigenvalue weighted by Gasteiger charge is 2.27. The predicted octanol–water partition coefficient (Wildman–Crippen LogP) is 5.66. The minimum absolute atomic E-state index is 0.0320. The van der Waals surface area contributed by atoms with Crippen LogP contribution in [0.25, 0.3) is 0 Å². The molecule has 0 aliphatic carbocycles. The van der Waals surface area contributed by atoms with Crippen LogP contribution in [0.3, 0.4) is 0 Å². The van der Waals surface area contributed by atoms with Crippen LogP contribution in [0.2, 0.25) is 15.1 Å². The third kappa shape index (κ3) is 7.25. The van der Waals surface area contributed by atoms with Crippen molar-refractivity contribution in [2.45, 2.75) is 11.4 Å². The number of rotatable bonds is 9. The lowest BCUT2D eigenvalue weighted by Gasteiger charge is -2.22. The first-order chi connectivity index (χ1) is 17.0. The molecule has 0 saturated carbocycles. The number of benzene rings is 3. The summed E-state index contributed by atoms with van der Waals surface area (Å²) in [5.41, 5.74) is 2.63. The van der Waals surface area contributed by atoms with Crippen LogP contribution in [0, 0.1) is 10.1 Å². The molecule has 1 N–H and O–H groups in total. The lowest BCUT2D eigenvalue weighted by atomic mass is 10.2. The summed E-state index contributed by atoms with van der Waals surface area (Å²) in [5.74, 6) is -0.765. The van der Waals surface area contributed by atoms with E-state index >= 15 is 0 Å². The summed E-state index contributed by atoms with van der Waals surface area (Å²) in [7, 11) is -4.12. The van der Waals surface area contributed by atoms with Crippen LogP contribution >= 0.6 is 50.7 Å². The summed E-state index contributed by atoms with van der Waals surface area (Å²) in [5, 5.41) is 15.5. The van der Waals surface area contributed by atoms with Gasteiger partial charge < -0.3 is 0 Å². The molecule has 0 spiro atoms. The van der Waals surface area contributed by atoms with Gasteiger partial charge in [-0.3, -0.25) is 14.9 Å². The fraction of sp³-hybridized carbons (Fsp3) is 0.0909. The zero-order valence-corrected chi connectivity index (χ0v) is 22.7. The molecule has 1 amide bonds. The quantitative estimate of drug-likeness (QED) is 0.185. The normalized spacial score (nSPS) is 11.7. The Balaban J connectivity index is 1.83. The molecule has 0 fully saturated rings. The molecule has 0 aromatic heterocycles. The van der Waals surface area contributed by atoms with E-state index in [0.29, 0.717) is 15.1 Å². The standard InChI is InChI=1S/C22H16BrCl3N4O5S/c23-16-2-6-19(7-3-16)36(34,35)29(12-14-1-4-17(24)10-21(14)26)13-22(31)28-27-11-15-9-18(30(32)33)5-8-20(15)25/h1-11H,12-13H2,(H,28,31)/b27-11+. The Morgan fingerprint density at radius 1 is 1.06 bits per heavy atom. The van der Waals surface area contributed by atoms with Crippen molar-refractivity contribution in [2.24, 2.45) is 5.10 Å². The number of carbonyl (C=O) groups is 1. The molecule has 0 aliphatic heterocycles. The number of nitro benzene ring substituents is 1. The fourth-order valence-corrected chi connectivity index (χ4v) is 5.21. The predicted molar refractivity (Wildman–Crippen MR) is 142 cm³/mol. The minimum Gasteiger partial charge on any atom is -0.272 e. The second-order valence-electron chi connectivity index (χ2n) is 7.22. The van der Waals surface area contributed by atoms with E-state index in [-0.39, 0.29) is 32.7 Å². The van der Waals surface area contributed by atoms with E-state index in [2.05, 4.69) is 26.5 Å². The third-order valence-corrected chi connectivity index (χ3v) is 7.98. The van der Waals surface area contributed by atoms with Crippen LogP contribution in [0.5, 0.6) is 0 Å². The minimum atomic E-state index is -4.12. The van der Waals surface area contributed by atoms with Gasteiger partial charge in [0.15, 0.2) is 0 Å². The molecule has 0 radical (unpaired) electrons. The molecular weight excluding hydrogens is 619 g/mol. The number of non-ortho nitro benzene ring substituents is 1. The number of carbonyl (C=O) groups excluding carboxylic acids is 1. The first-order valence-corrected chi connectivity index (χ1v) is 13.3. The van der Waals surface area contributed by atoms with Crippen molar-refractivity contribution in [3.63, 3.8) is 0 Å². The van der Waals surface area contributed by atoms with Crippen LogP contribution in [0.15, 0.2) is 75.1 Å². The van der Waals surface area contributed by atoms with Crippen molar-refractivity contribution < 1.29 is 18.1 Å². The Morgan fingerprint density at radius 3 is 2.39 bits per heavy atom. The number of halogens is 4. The highest BCUT2D eigenvalue weighted by Crippen LogP contribution is 2.26. The number of sulfonamides is 1. The van der Waals surface area contributed by atoms with Gasteiger partial charge in [0, 0.05) is 43.8 Å². The molecule has 3 aromatic carbocycles. The van der Waals surface area contributed by atoms with Gasteiger partial charge in [-0.05, 0) is 48.0 Å². The topological polar surface area (TPSA) is 122 Å². The van der Waals surface area contributed by atoms with Crippen LogP contribution in [-0.2, 0) is 21.4 Å². The SMILES string of the molecule is O=C(CN(Cc1ccc(Cl)cc1Cl)S(=O)(=O)c1ccc(Br)cc1)N/N=C/c1cc([N+](=O)[O-])ccc1Cl. The second-order valence-corrected chi connectivity index (χ2v) is 11.3. The van der Waals surface area contributed by atoms with E-state index in [1.165, 1.54) is 36.4 Å². The summed E-state index contributed by atoms with van der Waals surface area (Å²) < 4.78 is 28.3. The number of nitrogens with zero attached hydrogens (tertiary/aromatic N) is 3. The van der Waals surface area contributed by atoms with Crippen molar-refractivity contribution in [2.75, 3.05) is 6.54 Å². The Kier molecular flexibility index (Phi) is 9.45. The number of amides is 1. The molecule has 0 aliphatic rings. The number of nitrogens with one attached hydrogen (secondary N) is 1. The zero-order valence-electron chi connectivity index (χ0n) is 18.1. The molecule has 0 heterocycles. The van der Waals surface area contributed by atoms with Crippen LogP contribution in [0.1, 0.15) is 11.1 Å². The molecule has 3 aromatic rings. The smallest absolute Gasteiger partial charge is 0.270 e. The Bertz CT molecular complexity index is 1440. The van der Waals surface area contributed by atoms with Gasteiger partial charge in [0.2, 0.25) is 10.0 Å². The summed E-state index contributed by atoms with van der Waals surface area (Å²) in [6.45, 7) is -0.820. The lowest BCUT2D eigenvalue weighted by Crippen LogP contribution is -2.39. The van der Waals surface area contributed by atoms with Crippen LogP contribution < -0.4 is 5.43 Å². The maximum absolute atomic E-state index is 13.3. The zero-order chi connectivity index (χ0) is 26.5. The second kappa shape index (κ2) is 12.1. The first-order valence-electron chi connectivity index (χ1n) is 9.93. The maximum Gasteiger partial charge on any atom is 0.270 e. The Hall–Kier alpha value is -2.54. The van der Waals surface area contributed by atoms with E-state index in [1.807, 2.05) is 0 Å². The molecule has 0 atom stereocenters. The number of hydrogen-bond donors (Lipinski definition) is 1. The van der Waals surface area contributed by atoms with Gasteiger partial charge in [0.25, 0.3) is 11.6 Å². The molecule has 3 rings (SSSR count). The average Bonchev–Trinajstić information content (AvgIpc) is 2.81. The van der Waals surface area contributed by atoms with E-state index in [1.54, 1.807) is 24.3 Å². The summed E-state index contributed by atoms with van der Waals surface area (Å²) in [4.78, 5) is 23.0. The van der Waals surface area contributed by atoms with Crippen molar-refractivity contribution in [3.8, 4) is 0 Å². The van der Waals surface area contributed by atoms with Gasteiger partial charge in [-0.15, -0.1) is 0 Å². The van der Waals surface area contributed by atoms with Gasteiger partial charge in [-0.2, -0.15) is 9.41 Å². The molecule has 0 unspecified atom stereocenters. The van der Waals surface area contributed by atoms with E-state index < -0.39 is 27.4 Å². The van der Waals surface area contributed by atoms with Gasteiger partial charge in [-0.1, -0.05) is 56.8 Å². The van der Waals surface area contributed by atoms with Crippen molar-refractivity contribution in [1.82, 2.24) is 9.73 Å². The first kappa shape index (κ1) is 28.0. The van der Waals surface area contributed by atoms with Gasteiger partial charge in [-0.25, -0.2) is 13.8 Å². The molecule has 14 heteroatoms. The van der Waals surface area contributed by atoms with Crippen molar-refractivity contribution in [3.05, 3.63) is 101 Å². The highest BCUT2D eigenvalue weighted by atomic mass is 79.9. The summed E-state index contributed by atoms with van der Waals surface area (Å²) >= 11 is 21.4. The molecule has 0 bridgehead atoms. The van der Waals surface area contributed by atoms with Crippen LogP contribution in [-0.4, -0.2) is 36.3 Å². The van der Waals surface area contributed by atoms with Crippen molar-refractivity contribution >= 4 is 78.6 Å². The van der Waals surface area contributed by atoms with Gasteiger partial charge in [0.1, 0.15) is 0 Å². The Labute approximate surface area is 230 Å². The van der Waals surface area contributed by atoms with Crippen LogP contribution in [0.4, 0.5) is 5.69 Å². The van der Waals surface area contributed by atoms with E-state index in [9.17, 15) is 23.3 Å². The molecule has 188 valence electrons. The fourth-order valence-electron chi connectivity index (χ4n) is 2.93. The largest absolute Gasteiger partial charge is 0.272 e.